The van der Waals surface area contributed by atoms with Gasteiger partial charge in [-0.1, -0.05) is 34.4 Å². The SMILES string of the molecule is NC1COCC1c1nc(Cc2c(Cl)cccc2Cl)no1. The van der Waals surface area contributed by atoms with Gasteiger partial charge >= 0.3 is 0 Å². The lowest BCUT2D eigenvalue weighted by atomic mass is 10.1. The van der Waals surface area contributed by atoms with Gasteiger partial charge in [0.25, 0.3) is 0 Å². The molecule has 2 atom stereocenters. The van der Waals surface area contributed by atoms with Crippen LogP contribution in [0.2, 0.25) is 10.0 Å². The molecule has 106 valence electrons. The van der Waals surface area contributed by atoms with Gasteiger partial charge in [-0.2, -0.15) is 4.98 Å². The predicted molar refractivity (Wildman–Crippen MR) is 75.1 cm³/mol. The Hall–Kier alpha value is -1.14. The fraction of sp³-hybridized carbons (Fsp3) is 0.385. The number of halogens is 2. The molecule has 2 aromatic rings. The van der Waals surface area contributed by atoms with Crippen LogP contribution in [0.5, 0.6) is 0 Å². The number of ether oxygens (including phenoxy) is 1. The van der Waals surface area contributed by atoms with E-state index in [1.54, 1.807) is 18.2 Å². The standard InChI is InChI=1S/C13H13Cl2N3O2/c14-9-2-1-3-10(15)7(9)4-12-17-13(20-18-12)8-5-19-6-11(8)16/h1-3,8,11H,4-6,16H2. The number of nitrogens with two attached hydrogens (primary N) is 1. The number of benzene rings is 1. The Morgan fingerprint density at radius 3 is 2.65 bits per heavy atom. The maximum absolute atomic E-state index is 6.13. The van der Waals surface area contributed by atoms with E-state index in [2.05, 4.69) is 10.1 Å². The van der Waals surface area contributed by atoms with Crippen LogP contribution in [0, 0.1) is 0 Å². The Labute approximate surface area is 126 Å². The first-order valence-electron chi connectivity index (χ1n) is 6.24. The Morgan fingerprint density at radius 1 is 1.25 bits per heavy atom. The van der Waals surface area contributed by atoms with Gasteiger partial charge in [-0.3, -0.25) is 0 Å². The lowest BCUT2D eigenvalue weighted by Gasteiger charge is -2.06. The topological polar surface area (TPSA) is 74.2 Å². The third-order valence-electron chi connectivity index (χ3n) is 3.32. The Morgan fingerprint density at radius 2 is 2.00 bits per heavy atom. The van der Waals surface area contributed by atoms with Gasteiger partial charge in [0.1, 0.15) is 0 Å². The van der Waals surface area contributed by atoms with Crippen molar-refractivity contribution in [1.82, 2.24) is 10.1 Å². The molecule has 1 fully saturated rings. The third kappa shape index (κ3) is 2.67. The van der Waals surface area contributed by atoms with Crippen molar-refractivity contribution in [3.05, 3.63) is 45.5 Å². The third-order valence-corrected chi connectivity index (χ3v) is 4.03. The molecule has 1 saturated heterocycles. The summed E-state index contributed by atoms with van der Waals surface area (Å²) in [6.45, 7) is 1.02. The lowest BCUT2D eigenvalue weighted by Crippen LogP contribution is -2.27. The monoisotopic (exact) mass is 313 g/mol. The molecule has 7 heteroatoms. The summed E-state index contributed by atoms with van der Waals surface area (Å²) in [6.07, 6.45) is 0.421. The summed E-state index contributed by atoms with van der Waals surface area (Å²) in [5.41, 5.74) is 6.71. The van der Waals surface area contributed by atoms with E-state index in [4.69, 9.17) is 38.2 Å². The smallest absolute Gasteiger partial charge is 0.233 e. The summed E-state index contributed by atoms with van der Waals surface area (Å²) in [4.78, 5) is 4.37. The fourth-order valence-electron chi connectivity index (χ4n) is 2.17. The molecule has 2 heterocycles. The Balaban J connectivity index is 1.81. The second kappa shape index (κ2) is 5.69. The van der Waals surface area contributed by atoms with Gasteiger partial charge in [-0.15, -0.1) is 0 Å². The fourth-order valence-corrected chi connectivity index (χ4v) is 2.71. The molecule has 0 bridgehead atoms. The van der Waals surface area contributed by atoms with Crippen LogP contribution in [0.4, 0.5) is 0 Å². The number of hydrogen-bond donors (Lipinski definition) is 1. The Kier molecular flexibility index (Phi) is 3.94. The van der Waals surface area contributed by atoms with E-state index >= 15 is 0 Å². The van der Waals surface area contributed by atoms with Crippen LogP contribution in [-0.4, -0.2) is 29.4 Å². The van der Waals surface area contributed by atoms with Crippen LogP contribution in [0.3, 0.4) is 0 Å². The van der Waals surface area contributed by atoms with Crippen molar-refractivity contribution in [2.45, 2.75) is 18.4 Å². The van der Waals surface area contributed by atoms with Crippen molar-refractivity contribution < 1.29 is 9.26 Å². The van der Waals surface area contributed by atoms with Crippen LogP contribution in [0.1, 0.15) is 23.2 Å². The highest BCUT2D eigenvalue weighted by molar-refractivity contribution is 6.36. The first-order valence-corrected chi connectivity index (χ1v) is 6.99. The second-order valence-corrected chi connectivity index (χ2v) is 5.55. The normalized spacial score (nSPS) is 22.4. The molecule has 0 saturated carbocycles. The highest BCUT2D eigenvalue weighted by Crippen LogP contribution is 2.27. The first kappa shape index (κ1) is 13.8. The van der Waals surface area contributed by atoms with Gasteiger partial charge in [0.15, 0.2) is 5.82 Å². The first-order chi connectivity index (χ1) is 9.65. The lowest BCUT2D eigenvalue weighted by molar-refractivity contribution is 0.187. The zero-order chi connectivity index (χ0) is 14.1. The van der Waals surface area contributed by atoms with Crippen molar-refractivity contribution in [2.75, 3.05) is 13.2 Å². The summed E-state index contributed by atoms with van der Waals surface area (Å²) in [5, 5.41) is 5.13. The summed E-state index contributed by atoms with van der Waals surface area (Å²) in [5.74, 6) is 1.00. The minimum absolute atomic E-state index is 0.0435. The van der Waals surface area contributed by atoms with Gasteiger partial charge in [0.05, 0.1) is 19.1 Å². The van der Waals surface area contributed by atoms with Crippen LogP contribution in [-0.2, 0) is 11.2 Å². The zero-order valence-electron chi connectivity index (χ0n) is 10.6. The molecule has 0 radical (unpaired) electrons. The minimum atomic E-state index is -0.104. The average Bonchev–Trinajstić information content (AvgIpc) is 3.02. The van der Waals surface area contributed by atoms with E-state index in [0.29, 0.717) is 41.4 Å². The van der Waals surface area contributed by atoms with Crippen molar-refractivity contribution in [3.8, 4) is 0 Å². The van der Waals surface area contributed by atoms with E-state index in [9.17, 15) is 0 Å². The quantitative estimate of drug-likeness (QED) is 0.941. The van der Waals surface area contributed by atoms with E-state index in [1.165, 1.54) is 0 Å². The van der Waals surface area contributed by atoms with E-state index < -0.39 is 0 Å². The van der Waals surface area contributed by atoms with Crippen molar-refractivity contribution in [1.29, 1.82) is 0 Å². The minimum Gasteiger partial charge on any atom is -0.379 e. The van der Waals surface area contributed by atoms with Gasteiger partial charge in [-0.05, 0) is 17.7 Å². The molecule has 20 heavy (non-hydrogen) atoms. The van der Waals surface area contributed by atoms with E-state index in [0.717, 1.165) is 5.56 Å². The Bertz CT molecular complexity index is 597. The molecular weight excluding hydrogens is 301 g/mol. The number of hydrogen-bond acceptors (Lipinski definition) is 5. The zero-order valence-corrected chi connectivity index (χ0v) is 12.1. The molecule has 1 aliphatic rings. The van der Waals surface area contributed by atoms with Gasteiger partial charge in [0.2, 0.25) is 5.89 Å². The molecule has 1 aromatic heterocycles. The summed E-state index contributed by atoms with van der Waals surface area (Å²) in [7, 11) is 0. The summed E-state index contributed by atoms with van der Waals surface area (Å²) in [6, 6.07) is 5.26. The van der Waals surface area contributed by atoms with Crippen molar-refractivity contribution in [2.24, 2.45) is 5.73 Å². The molecule has 2 unspecified atom stereocenters. The molecule has 0 amide bonds. The molecular formula is C13H13Cl2N3O2. The molecule has 1 aromatic carbocycles. The number of aromatic nitrogens is 2. The molecule has 0 aliphatic carbocycles. The second-order valence-electron chi connectivity index (χ2n) is 4.73. The molecule has 3 rings (SSSR count). The maximum Gasteiger partial charge on any atom is 0.233 e. The van der Waals surface area contributed by atoms with Crippen LogP contribution in [0.25, 0.3) is 0 Å². The highest BCUT2D eigenvalue weighted by atomic mass is 35.5. The number of nitrogens with zero attached hydrogens (tertiary/aromatic N) is 2. The molecule has 2 N–H and O–H groups in total. The van der Waals surface area contributed by atoms with Crippen molar-refractivity contribution >= 4 is 23.2 Å². The summed E-state index contributed by atoms with van der Waals surface area (Å²) < 4.78 is 10.6. The highest BCUT2D eigenvalue weighted by Gasteiger charge is 2.31. The van der Waals surface area contributed by atoms with Gasteiger partial charge < -0.3 is 15.0 Å². The van der Waals surface area contributed by atoms with Gasteiger partial charge in [-0.25, -0.2) is 0 Å². The number of rotatable bonds is 3. The van der Waals surface area contributed by atoms with Crippen LogP contribution in [0.15, 0.2) is 22.7 Å². The van der Waals surface area contributed by atoms with Gasteiger partial charge in [0, 0.05) is 22.5 Å². The molecule has 1 aliphatic heterocycles. The summed E-state index contributed by atoms with van der Waals surface area (Å²) >= 11 is 12.3. The average molecular weight is 314 g/mol. The predicted octanol–water partition coefficient (Wildman–Crippen LogP) is 2.41. The van der Waals surface area contributed by atoms with Crippen LogP contribution >= 0.6 is 23.2 Å². The largest absolute Gasteiger partial charge is 0.379 e. The van der Waals surface area contributed by atoms with E-state index in [1.807, 2.05) is 0 Å². The molecule has 0 spiro atoms. The maximum atomic E-state index is 6.13. The molecule has 5 nitrogen and oxygen atoms in total. The van der Waals surface area contributed by atoms with E-state index in [-0.39, 0.29) is 12.0 Å². The van der Waals surface area contributed by atoms with Crippen molar-refractivity contribution in [3.63, 3.8) is 0 Å². The van der Waals surface area contributed by atoms with Crippen LogP contribution < -0.4 is 5.73 Å².